The van der Waals surface area contributed by atoms with Crippen molar-refractivity contribution in [2.45, 2.75) is 31.8 Å². The Hall–Kier alpha value is -1.76. The number of non-ortho nitro benzene ring substituents is 1. The Morgan fingerprint density at radius 1 is 1.45 bits per heavy atom. The Kier molecular flexibility index (Phi) is 4.17. The van der Waals surface area contributed by atoms with Crippen LogP contribution in [0, 0.1) is 21.7 Å². The van der Waals surface area contributed by atoms with Crippen LogP contribution in [0.5, 0.6) is 0 Å². The highest BCUT2D eigenvalue weighted by Crippen LogP contribution is 2.28. The van der Waals surface area contributed by atoms with E-state index in [1.165, 1.54) is 0 Å². The van der Waals surface area contributed by atoms with Gasteiger partial charge in [0.2, 0.25) is 0 Å². The summed E-state index contributed by atoms with van der Waals surface area (Å²) in [5.74, 6) is -1.89. The summed E-state index contributed by atoms with van der Waals surface area (Å²) in [6.07, 6.45) is 2.31. The molecule has 20 heavy (non-hydrogen) atoms. The average Bonchev–Trinajstić information content (AvgIpc) is 3.20. The van der Waals surface area contributed by atoms with E-state index >= 15 is 0 Å². The van der Waals surface area contributed by atoms with Gasteiger partial charge in [-0.05, 0) is 26.8 Å². The molecule has 110 valence electrons. The van der Waals surface area contributed by atoms with Crippen LogP contribution in [0.2, 0.25) is 0 Å². The van der Waals surface area contributed by atoms with Crippen LogP contribution in [0.15, 0.2) is 12.1 Å². The SMILES string of the molecule is CC(CNc1c(F)cc([N+](=O)[O-])cc1F)N(C)C1CC1. The van der Waals surface area contributed by atoms with E-state index in [0.717, 1.165) is 25.0 Å². The second-order valence-electron chi connectivity index (χ2n) is 5.17. The zero-order valence-electron chi connectivity index (χ0n) is 11.4. The Morgan fingerprint density at radius 3 is 2.45 bits per heavy atom. The van der Waals surface area contributed by atoms with Gasteiger partial charge < -0.3 is 5.32 Å². The third kappa shape index (κ3) is 3.22. The van der Waals surface area contributed by atoms with Crippen molar-refractivity contribution in [3.63, 3.8) is 0 Å². The third-order valence-electron chi connectivity index (χ3n) is 3.63. The van der Waals surface area contributed by atoms with Crippen LogP contribution in [0.25, 0.3) is 0 Å². The fourth-order valence-electron chi connectivity index (χ4n) is 2.07. The predicted molar refractivity (Wildman–Crippen MR) is 71.7 cm³/mol. The molecule has 0 bridgehead atoms. The second kappa shape index (κ2) is 5.70. The van der Waals surface area contributed by atoms with Crippen molar-refractivity contribution < 1.29 is 13.7 Å². The first kappa shape index (κ1) is 14.6. The van der Waals surface area contributed by atoms with E-state index in [1.54, 1.807) is 0 Å². The Balaban J connectivity index is 2.03. The van der Waals surface area contributed by atoms with E-state index in [2.05, 4.69) is 10.2 Å². The maximum absolute atomic E-state index is 13.7. The number of anilines is 1. The Morgan fingerprint density at radius 2 is 2.00 bits per heavy atom. The van der Waals surface area contributed by atoms with Crippen molar-refractivity contribution in [3.8, 4) is 0 Å². The highest BCUT2D eigenvalue weighted by Gasteiger charge is 2.29. The topological polar surface area (TPSA) is 58.4 Å². The molecule has 0 aliphatic heterocycles. The van der Waals surface area contributed by atoms with E-state index in [0.29, 0.717) is 12.6 Å². The highest BCUT2D eigenvalue weighted by atomic mass is 19.1. The molecule has 1 aromatic carbocycles. The van der Waals surface area contributed by atoms with Gasteiger partial charge in [0.1, 0.15) is 5.69 Å². The number of hydrogen-bond donors (Lipinski definition) is 1. The Bertz CT molecular complexity index is 497. The average molecular weight is 285 g/mol. The lowest BCUT2D eigenvalue weighted by atomic mass is 10.2. The molecule has 0 heterocycles. The molecule has 0 aromatic heterocycles. The van der Waals surface area contributed by atoms with Crippen LogP contribution in [0.3, 0.4) is 0 Å². The van der Waals surface area contributed by atoms with Gasteiger partial charge in [-0.2, -0.15) is 0 Å². The van der Waals surface area contributed by atoms with E-state index < -0.39 is 22.2 Å². The summed E-state index contributed by atoms with van der Waals surface area (Å²) < 4.78 is 27.3. The number of benzene rings is 1. The number of rotatable bonds is 6. The second-order valence-corrected chi connectivity index (χ2v) is 5.17. The van der Waals surface area contributed by atoms with Crippen LogP contribution in [0.1, 0.15) is 19.8 Å². The van der Waals surface area contributed by atoms with Crippen molar-refractivity contribution in [1.29, 1.82) is 0 Å². The molecule has 1 unspecified atom stereocenters. The van der Waals surface area contributed by atoms with E-state index in [4.69, 9.17) is 0 Å². The lowest BCUT2D eigenvalue weighted by Gasteiger charge is -2.25. The zero-order chi connectivity index (χ0) is 14.9. The number of nitrogens with zero attached hydrogens (tertiary/aromatic N) is 2. The molecule has 1 saturated carbocycles. The highest BCUT2D eigenvalue weighted by molar-refractivity contribution is 5.51. The van der Waals surface area contributed by atoms with Crippen LogP contribution in [-0.2, 0) is 0 Å². The van der Waals surface area contributed by atoms with E-state index in [9.17, 15) is 18.9 Å². The smallest absolute Gasteiger partial charge is 0.275 e. The molecule has 0 amide bonds. The summed E-state index contributed by atoms with van der Waals surface area (Å²) >= 11 is 0. The summed E-state index contributed by atoms with van der Waals surface area (Å²) in [5, 5.41) is 13.2. The summed E-state index contributed by atoms with van der Waals surface area (Å²) in [4.78, 5) is 11.8. The molecule has 0 spiro atoms. The minimum Gasteiger partial charge on any atom is -0.379 e. The first-order valence-electron chi connectivity index (χ1n) is 6.49. The van der Waals surface area contributed by atoms with Gasteiger partial charge in [0.15, 0.2) is 11.6 Å². The molecule has 0 radical (unpaired) electrons. The van der Waals surface area contributed by atoms with Gasteiger partial charge in [-0.25, -0.2) is 8.78 Å². The van der Waals surface area contributed by atoms with Gasteiger partial charge in [0.05, 0.1) is 17.1 Å². The van der Waals surface area contributed by atoms with Gasteiger partial charge in [0, 0.05) is 18.6 Å². The first-order valence-corrected chi connectivity index (χ1v) is 6.49. The molecule has 1 atom stereocenters. The molecule has 1 aromatic rings. The molecule has 1 aliphatic rings. The third-order valence-corrected chi connectivity index (χ3v) is 3.63. The van der Waals surface area contributed by atoms with Gasteiger partial charge in [-0.15, -0.1) is 0 Å². The maximum atomic E-state index is 13.7. The van der Waals surface area contributed by atoms with Crippen molar-refractivity contribution in [1.82, 2.24) is 4.90 Å². The summed E-state index contributed by atoms with van der Waals surface area (Å²) in [6, 6.07) is 2.12. The lowest BCUT2D eigenvalue weighted by molar-refractivity contribution is -0.385. The summed E-state index contributed by atoms with van der Waals surface area (Å²) in [5.41, 5.74) is -0.902. The van der Waals surface area contributed by atoms with Gasteiger partial charge in [-0.3, -0.25) is 15.0 Å². The van der Waals surface area contributed by atoms with Gasteiger partial charge in [-0.1, -0.05) is 0 Å². The number of nitro benzene ring substituents is 1. The van der Waals surface area contributed by atoms with Crippen molar-refractivity contribution in [3.05, 3.63) is 33.9 Å². The van der Waals surface area contributed by atoms with Crippen molar-refractivity contribution in [2.75, 3.05) is 18.9 Å². The Labute approximate surface area is 115 Å². The fraction of sp³-hybridized carbons (Fsp3) is 0.538. The molecule has 1 N–H and O–H groups in total. The van der Waals surface area contributed by atoms with Gasteiger partial charge in [0.25, 0.3) is 5.69 Å². The molecular formula is C13H17F2N3O2. The summed E-state index contributed by atoms with van der Waals surface area (Å²) in [7, 11) is 1.98. The lowest BCUT2D eigenvalue weighted by Crippen LogP contribution is -2.36. The van der Waals surface area contributed by atoms with Crippen LogP contribution in [-0.4, -0.2) is 35.5 Å². The largest absolute Gasteiger partial charge is 0.379 e. The minimum absolute atomic E-state index is 0.122. The number of halogens is 2. The minimum atomic E-state index is -0.946. The van der Waals surface area contributed by atoms with Crippen molar-refractivity contribution in [2.24, 2.45) is 0 Å². The normalized spacial score (nSPS) is 16.2. The molecule has 1 aliphatic carbocycles. The van der Waals surface area contributed by atoms with Crippen molar-refractivity contribution >= 4 is 11.4 Å². The molecule has 0 saturated heterocycles. The molecular weight excluding hydrogens is 268 g/mol. The number of nitrogens with one attached hydrogen (secondary N) is 1. The molecule has 2 rings (SSSR count). The standard InChI is InChI=1S/C13H17F2N3O2/c1-8(17(2)9-3-4-9)7-16-13-11(14)5-10(18(19)20)6-12(13)15/h5-6,8-9,16H,3-4,7H2,1-2H3. The zero-order valence-corrected chi connectivity index (χ0v) is 11.4. The van der Waals surface area contributed by atoms with E-state index in [-0.39, 0.29) is 11.7 Å². The molecule has 7 heteroatoms. The molecule has 5 nitrogen and oxygen atoms in total. The van der Waals surface area contributed by atoms with E-state index in [1.807, 2.05) is 14.0 Å². The quantitative estimate of drug-likeness (QED) is 0.645. The number of hydrogen-bond acceptors (Lipinski definition) is 4. The summed E-state index contributed by atoms with van der Waals surface area (Å²) in [6.45, 7) is 2.34. The molecule has 1 fully saturated rings. The monoisotopic (exact) mass is 285 g/mol. The fourth-order valence-corrected chi connectivity index (χ4v) is 2.07. The number of nitro groups is 1. The van der Waals surface area contributed by atoms with Crippen LogP contribution in [0.4, 0.5) is 20.2 Å². The maximum Gasteiger partial charge on any atom is 0.275 e. The first-order chi connectivity index (χ1) is 9.40. The van der Waals surface area contributed by atoms with Gasteiger partial charge >= 0.3 is 0 Å². The van der Waals surface area contributed by atoms with Crippen LogP contribution >= 0.6 is 0 Å². The van der Waals surface area contributed by atoms with Crippen LogP contribution < -0.4 is 5.32 Å². The number of likely N-dealkylation sites (N-methyl/N-ethyl adjacent to an activating group) is 1. The predicted octanol–water partition coefficient (Wildman–Crippen LogP) is 2.77.